The molecule has 0 radical (unpaired) electrons. The molecule has 0 saturated heterocycles. The molecular weight excluding hydrogens is 446 g/mol. The SMILES string of the molecule is Brc1cccc(-c2cccc(-c3cc(-c4ccncc4)nc(-c4ccncc4)c3)c2)c1. The Kier molecular flexibility index (Phi) is 5.38. The van der Waals surface area contributed by atoms with Gasteiger partial charge in [0.1, 0.15) is 0 Å². The van der Waals surface area contributed by atoms with Gasteiger partial charge in [-0.15, -0.1) is 0 Å². The van der Waals surface area contributed by atoms with Gasteiger partial charge in [0.2, 0.25) is 0 Å². The van der Waals surface area contributed by atoms with Gasteiger partial charge in [0.15, 0.2) is 0 Å². The Labute approximate surface area is 189 Å². The molecule has 2 aromatic carbocycles. The lowest BCUT2D eigenvalue weighted by atomic mass is 9.97. The number of nitrogens with zero attached hydrogens (tertiary/aromatic N) is 3. The number of hydrogen-bond donors (Lipinski definition) is 0. The van der Waals surface area contributed by atoms with E-state index in [1.165, 1.54) is 11.1 Å². The normalized spacial score (nSPS) is 10.7. The highest BCUT2D eigenvalue weighted by Gasteiger charge is 2.10. The Morgan fingerprint density at radius 3 is 1.48 bits per heavy atom. The summed E-state index contributed by atoms with van der Waals surface area (Å²) in [4.78, 5) is 13.2. The van der Waals surface area contributed by atoms with E-state index in [2.05, 4.69) is 80.5 Å². The number of pyridine rings is 3. The Balaban J connectivity index is 1.66. The first-order valence-electron chi connectivity index (χ1n) is 9.95. The van der Waals surface area contributed by atoms with E-state index in [9.17, 15) is 0 Å². The molecule has 148 valence electrons. The molecule has 3 heterocycles. The van der Waals surface area contributed by atoms with Crippen LogP contribution in [-0.2, 0) is 0 Å². The zero-order chi connectivity index (χ0) is 21.0. The van der Waals surface area contributed by atoms with Crippen LogP contribution in [-0.4, -0.2) is 15.0 Å². The molecule has 0 atom stereocenters. The van der Waals surface area contributed by atoms with E-state index in [0.717, 1.165) is 38.1 Å². The summed E-state index contributed by atoms with van der Waals surface area (Å²) < 4.78 is 1.07. The first-order valence-corrected chi connectivity index (χ1v) is 10.7. The van der Waals surface area contributed by atoms with Gasteiger partial charge < -0.3 is 0 Å². The topological polar surface area (TPSA) is 38.7 Å². The molecule has 0 bridgehead atoms. The summed E-state index contributed by atoms with van der Waals surface area (Å²) in [5.74, 6) is 0. The predicted octanol–water partition coefficient (Wildman–Crippen LogP) is 7.30. The summed E-state index contributed by atoms with van der Waals surface area (Å²) in [5.41, 5.74) is 8.52. The van der Waals surface area contributed by atoms with Crippen molar-refractivity contribution in [2.75, 3.05) is 0 Å². The molecule has 4 heteroatoms. The quantitative estimate of drug-likeness (QED) is 0.280. The lowest BCUT2D eigenvalue weighted by Gasteiger charge is -2.11. The highest BCUT2D eigenvalue weighted by Crippen LogP contribution is 2.32. The van der Waals surface area contributed by atoms with Crippen molar-refractivity contribution in [2.45, 2.75) is 0 Å². The molecule has 5 rings (SSSR count). The summed E-state index contributed by atoms with van der Waals surface area (Å²) in [6.45, 7) is 0. The van der Waals surface area contributed by atoms with Crippen LogP contribution in [0.4, 0.5) is 0 Å². The minimum absolute atomic E-state index is 0.916. The Hall–Kier alpha value is -3.63. The third-order valence-electron chi connectivity index (χ3n) is 5.13. The maximum Gasteiger partial charge on any atom is 0.0716 e. The van der Waals surface area contributed by atoms with Gasteiger partial charge in [-0.2, -0.15) is 0 Å². The van der Waals surface area contributed by atoms with E-state index in [0.29, 0.717) is 0 Å². The van der Waals surface area contributed by atoms with Crippen LogP contribution in [0.15, 0.2) is 114 Å². The molecule has 3 aromatic heterocycles. The average molecular weight is 464 g/mol. The Morgan fingerprint density at radius 2 is 0.935 bits per heavy atom. The number of benzene rings is 2. The number of halogens is 1. The van der Waals surface area contributed by atoms with Crippen LogP contribution >= 0.6 is 15.9 Å². The van der Waals surface area contributed by atoms with Gasteiger partial charge in [-0.1, -0.05) is 46.3 Å². The molecule has 3 nitrogen and oxygen atoms in total. The smallest absolute Gasteiger partial charge is 0.0716 e. The van der Waals surface area contributed by atoms with E-state index in [-0.39, 0.29) is 0 Å². The van der Waals surface area contributed by atoms with E-state index in [1.54, 1.807) is 24.8 Å². The van der Waals surface area contributed by atoms with Gasteiger partial charge in [-0.05, 0) is 76.9 Å². The van der Waals surface area contributed by atoms with Crippen LogP contribution in [0.3, 0.4) is 0 Å². The average Bonchev–Trinajstić information content (AvgIpc) is 2.85. The van der Waals surface area contributed by atoms with Gasteiger partial charge in [0, 0.05) is 40.4 Å². The molecular formula is C27H18BrN3. The second-order valence-electron chi connectivity index (χ2n) is 7.19. The van der Waals surface area contributed by atoms with Crippen LogP contribution < -0.4 is 0 Å². The molecule has 0 fully saturated rings. The van der Waals surface area contributed by atoms with Crippen LogP contribution in [0.5, 0.6) is 0 Å². The molecule has 0 amide bonds. The van der Waals surface area contributed by atoms with Crippen molar-refractivity contribution in [2.24, 2.45) is 0 Å². The summed E-state index contributed by atoms with van der Waals surface area (Å²) >= 11 is 3.58. The van der Waals surface area contributed by atoms with E-state index in [1.807, 2.05) is 30.3 Å². The van der Waals surface area contributed by atoms with Gasteiger partial charge >= 0.3 is 0 Å². The van der Waals surface area contributed by atoms with Crippen molar-refractivity contribution in [3.05, 3.63) is 114 Å². The van der Waals surface area contributed by atoms with Gasteiger partial charge in [0.05, 0.1) is 11.4 Å². The van der Waals surface area contributed by atoms with Crippen molar-refractivity contribution in [3.8, 4) is 44.8 Å². The molecule has 0 aliphatic rings. The van der Waals surface area contributed by atoms with Gasteiger partial charge in [-0.25, -0.2) is 4.98 Å². The second-order valence-corrected chi connectivity index (χ2v) is 8.10. The summed E-state index contributed by atoms with van der Waals surface area (Å²) in [6, 6.07) is 29.2. The largest absolute Gasteiger partial charge is 0.265 e. The van der Waals surface area contributed by atoms with Crippen molar-refractivity contribution in [3.63, 3.8) is 0 Å². The van der Waals surface area contributed by atoms with Crippen molar-refractivity contribution < 1.29 is 0 Å². The number of hydrogen-bond acceptors (Lipinski definition) is 3. The molecule has 0 aliphatic carbocycles. The lowest BCUT2D eigenvalue weighted by Crippen LogP contribution is -1.92. The highest BCUT2D eigenvalue weighted by molar-refractivity contribution is 9.10. The van der Waals surface area contributed by atoms with Gasteiger partial charge in [-0.3, -0.25) is 9.97 Å². The van der Waals surface area contributed by atoms with E-state index in [4.69, 9.17) is 4.98 Å². The first kappa shape index (κ1) is 19.3. The highest BCUT2D eigenvalue weighted by atomic mass is 79.9. The summed E-state index contributed by atoms with van der Waals surface area (Å²) in [6.07, 6.45) is 7.18. The fourth-order valence-corrected chi connectivity index (χ4v) is 3.98. The van der Waals surface area contributed by atoms with Crippen LogP contribution in [0.2, 0.25) is 0 Å². The zero-order valence-corrected chi connectivity index (χ0v) is 18.2. The number of rotatable bonds is 4. The van der Waals surface area contributed by atoms with Crippen molar-refractivity contribution in [1.82, 2.24) is 15.0 Å². The van der Waals surface area contributed by atoms with Crippen LogP contribution in [0.1, 0.15) is 0 Å². The first-order chi connectivity index (χ1) is 15.3. The molecule has 0 spiro atoms. The fourth-order valence-electron chi connectivity index (χ4n) is 3.58. The molecule has 5 aromatic rings. The Bertz CT molecular complexity index is 1280. The molecule has 0 unspecified atom stereocenters. The molecule has 31 heavy (non-hydrogen) atoms. The minimum atomic E-state index is 0.916. The van der Waals surface area contributed by atoms with E-state index < -0.39 is 0 Å². The second kappa shape index (κ2) is 8.62. The maximum absolute atomic E-state index is 4.93. The lowest BCUT2D eigenvalue weighted by molar-refractivity contribution is 1.27. The minimum Gasteiger partial charge on any atom is -0.265 e. The third kappa shape index (κ3) is 4.30. The zero-order valence-electron chi connectivity index (χ0n) is 16.6. The van der Waals surface area contributed by atoms with Crippen LogP contribution in [0.25, 0.3) is 44.8 Å². The molecule has 0 aliphatic heterocycles. The molecule has 0 saturated carbocycles. The maximum atomic E-state index is 4.93. The monoisotopic (exact) mass is 463 g/mol. The van der Waals surface area contributed by atoms with Crippen LogP contribution in [0, 0.1) is 0 Å². The Morgan fingerprint density at radius 1 is 0.452 bits per heavy atom. The number of aromatic nitrogens is 3. The predicted molar refractivity (Wildman–Crippen MR) is 129 cm³/mol. The van der Waals surface area contributed by atoms with Gasteiger partial charge in [0.25, 0.3) is 0 Å². The third-order valence-corrected chi connectivity index (χ3v) is 5.62. The standard InChI is InChI=1S/C27H18BrN3/c28-25-6-2-5-23(16-25)21-3-1-4-22(15-21)24-17-26(19-7-11-29-12-8-19)31-27(18-24)20-9-13-30-14-10-20/h1-18H. The fraction of sp³-hybridized carbons (Fsp3) is 0. The van der Waals surface area contributed by atoms with Crippen molar-refractivity contribution in [1.29, 1.82) is 0 Å². The van der Waals surface area contributed by atoms with Crippen molar-refractivity contribution >= 4 is 15.9 Å². The van der Waals surface area contributed by atoms with E-state index >= 15 is 0 Å². The summed E-state index contributed by atoms with van der Waals surface area (Å²) in [5, 5.41) is 0. The molecule has 0 N–H and O–H groups in total. The summed E-state index contributed by atoms with van der Waals surface area (Å²) in [7, 11) is 0.